The fraction of sp³-hybridized carbons (Fsp3) is 0.320. The maximum Gasteiger partial charge on any atom is 0.333 e. The van der Waals surface area contributed by atoms with Crippen LogP contribution in [-0.2, 0) is 16.0 Å². The number of esters is 1. The number of hydrogen-bond acceptors (Lipinski definition) is 5. The van der Waals surface area contributed by atoms with Gasteiger partial charge in [-0.25, -0.2) is 14.4 Å². The number of hydrogen-bond donors (Lipinski definition) is 5. The Balaban J connectivity index is 1.50. The molecule has 1 aliphatic rings. The van der Waals surface area contributed by atoms with Crippen LogP contribution in [0.2, 0.25) is 0 Å². The smallest absolute Gasteiger partial charge is 0.333 e. The number of rotatable bonds is 10. The lowest BCUT2D eigenvalue weighted by atomic mass is 10.1. The molecule has 3 rings (SSSR count). The quantitative estimate of drug-likeness (QED) is 0.178. The second-order valence-electron chi connectivity index (χ2n) is 8.03. The number of urea groups is 2. The number of carbonyl (C=O) groups is 3. The Kier molecular flexibility index (Phi) is 8.64. The van der Waals surface area contributed by atoms with Crippen molar-refractivity contribution in [1.29, 1.82) is 0 Å². The molecule has 0 fully saturated rings. The molecule has 0 bridgehead atoms. The van der Waals surface area contributed by atoms with Crippen LogP contribution in [0.1, 0.15) is 30.9 Å². The molecular formula is C25H30N4O5. The van der Waals surface area contributed by atoms with Crippen molar-refractivity contribution in [1.82, 2.24) is 10.6 Å². The molecule has 0 saturated heterocycles. The van der Waals surface area contributed by atoms with E-state index in [0.717, 1.165) is 22.3 Å². The van der Waals surface area contributed by atoms with Crippen LogP contribution in [0.3, 0.4) is 0 Å². The Morgan fingerprint density at radius 1 is 0.912 bits per heavy atom. The summed E-state index contributed by atoms with van der Waals surface area (Å²) >= 11 is 0. The Labute approximate surface area is 198 Å². The highest BCUT2D eigenvalue weighted by molar-refractivity contribution is 5.92. The standard InChI is InChI=1S/C25H30N4O5/c1-16(2)23(31)34-12-4-10-27-25(33)29-20-6-8-22-18(15-20)13-17-14-19(5-7-21(17)22)28-24(32)26-9-3-11-30/h5-8,14-15,30H,1,3-4,9-13H2,2H3,(H2,26,28,32)(H2,27,29,33). The first-order valence-corrected chi connectivity index (χ1v) is 11.2. The summed E-state index contributed by atoms with van der Waals surface area (Å²) < 4.78 is 4.99. The molecule has 9 nitrogen and oxygen atoms in total. The van der Waals surface area contributed by atoms with Gasteiger partial charge >= 0.3 is 18.0 Å². The van der Waals surface area contributed by atoms with Gasteiger partial charge in [0.2, 0.25) is 0 Å². The third-order valence-corrected chi connectivity index (χ3v) is 5.21. The van der Waals surface area contributed by atoms with Crippen LogP contribution in [-0.4, -0.2) is 49.4 Å². The Hall–Kier alpha value is -3.85. The second kappa shape index (κ2) is 11.9. The van der Waals surface area contributed by atoms with E-state index in [1.807, 2.05) is 36.4 Å². The molecule has 0 unspecified atom stereocenters. The number of aliphatic hydroxyl groups is 1. The molecule has 180 valence electrons. The van der Waals surface area contributed by atoms with E-state index in [-0.39, 0.29) is 25.3 Å². The summed E-state index contributed by atoms with van der Waals surface area (Å²) in [4.78, 5) is 35.4. The maximum absolute atomic E-state index is 12.2. The van der Waals surface area contributed by atoms with E-state index in [4.69, 9.17) is 9.84 Å². The molecule has 5 N–H and O–H groups in total. The Morgan fingerprint density at radius 2 is 1.44 bits per heavy atom. The largest absolute Gasteiger partial charge is 0.462 e. The normalized spacial score (nSPS) is 11.1. The maximum atomic E-state index is 12.2. The number of aliphatic hydroxyl groups excluding tert-OH is 1. The zero-order valence-corrected chi connectivity index (χ0v) is 19.2. The predicted molar refractivity (Wildman–Crippen MR) is 131 cm³/mol. The molecule has 0 atom stereocenters. The number of benzene rings is 2. The summed E-state index contributed by atoms with van der Waals surface area (Å²) in [5.74, 6) is -0.437. The van der Waals surface area contributed by atoms with Crippen LogP contribution >= 0.6 is 0 Å². The Bertz CT molecular complexity index is 1080. The van der Waals surface area contributed by atoms with Gasteiger partial charge in [-0.15, -0.1) is 0 Å². The summed E-state index contributed by atoms with van der Waals surface area (Å²) in [6.07, 6.45) is 1.70. The molecule has 0 radical (unpaired) electrons. The molecule has 4 amide bonds. The minimum absolute atomic E-state index is 0.0306. The molecule has 1 aliphatic carbocycles. The summed E-state index contributed by atoms with van der Waals surface area (Å²) in [7, 11) is 0. The highest BCUT2D eigenvalue weighted by Crippen LogP contribution is 2.39. The van der Waals surface area contributed by atoms with Crippen molar-refractivity contribution in [3.63, 3.8) is 0 Å². The molecule has 2 aromatic carbocycles. The Morgan fingerprint density at radius 3 is 1.94 bits per heavy atom. The minimum atomic E-state index is -0.437. The average Bonchev–Trinajstić information content (AvgIpc) is 3.15. The zero-order valence-electron chi connectivity index (χ0n) is 19.2. The molecule has 0 aromatic heterocycles. The van der Waals surface area contributed by atoms with Gasteiger partial charge in [0.25, 0.3) is 0 Å². The first-order chi connectivity index (χ1) is 16.4. The van der Waals surface area contributed by atoms with Crippen molar-refractivity contribution in [2.75, 3.05) is 36.9 Å². The van der Waals surface area contributed by atoms with Crippen molar-refractivity contribution in [3.05, 3.63) is 59.7 Å². The number of anilines is 2. The lowest BCUT2D eigenvalue weighted by Gasteiger charge is -2.10. The highest BCUT2D eigenvalue weighted by atomic mass is 16.5. The highest BCUT2D eigenvalue weighted by Gasteiger charge is 2.19. The van der Waals surface area contributed by atoms with Crippen LogP contribution in [0.5, 0.6) is 0 Å². The first-order valence-electron chi connectivity index (χ1n) is 11.2. The van der Waals surface area contributed by atoms with Crippen LogP contribution in [0.15, 0.2) is 48.6 Å². The van der Waals surface area contributed by atoms with E-state index >= 15 is 0 Å². The third-order valence-electron chi connectivity index (χ3n) is 5.21. The summed E-state index contributed by atoms with van der Waals surface area (Å²) in [5, 5.41) is 19.9. The van der Waals surface area contributed by atoms with Crippen molar-refractivity contribution < 1.29 is 24.2 Å². The zero-order chi connectivity index (χ0) is 24.5. The minimum Gasteiger partial charge on any atom is -0.462 e. The SMILES string of the molecule is C=C(C)C(=O)OCCCNC(=O)Nc1ccc2c(c1)Cc1cc(NC(=O)NCCCO)ccc1-2. The van der Waals surface area contributed by atoms with Crippen molar-refractivity contribution in [2.45, 2.75) is 26.2 Å². The van der Waals surface area contributed by atoms with E-state index in [1.165, 1.54) is 0 Å². The van der Waals surface area contributed by atoms with Crippen molar-refractivity contribution in [2.24, 2.45) is 0 Å². The molecule has 34 heavy (non-hydrogen) atoms. The molecule has 9 heteroatoms. The lowest BCUT2D eigenvalue weighted by Crippen LogP contribution is -2.30. The van der Waals surface area contributed by atoms with Crippen LogP contribution in [0.25, 0.3) is 11.1 Å². The van der Waals surface area contributed by atoms with Crippen LogP contribution < -0.4 is 21.3 Å². The fourth-order valence-electron chi connectivity index (χ4n) is 3.56. The van der Waals surface area contributed by atoms with Gasteiger partial charge in [-0.05, 0) is 72.7 Å². The van der Waals surface area contributed by atoms with Crippen LogP contribution in [0, 0.1) is 0 Å². The van der Waals surface area contributed by atoms with Gasteiger partial charge in [0.1, 0.15) is 0 Å². The van der Waals surface area contributed by atoms with Crippen molar-refractivity contribution in [3.8, 4) is 11.1 Å². The summed E-state index contributed by atoms with van der Waals surface area (Å²) in [6.45, 7) is 6.12. The van der Waals surface area contributed by atoms with Gasteiger partial charge in [-0.3, -0.25) is 0 Å². The molecule has 0 spiro atoms. The van der Waals surface area contributed by atoms with E-state index < -0.39 is 5.97 Å². The topological polar surface area (TPSA) is 129 Å². The van der Waals surface area contributed by atoms with E-state index in [1.54, 1.807) is 6.92 Å². The number of carbonyl (C=O) groups excluding carboxylic acids is 3. The molecule has 0 aliphatic heterocycles. The molecule has 0 saturated carbocycles. The predicted octanol–water partition coefficient (Wildman–Crippen LogP) is 3.39. The number of nitrogens with one attached hydrogen (secondary N) is 4. The number of fused-ring (bicyclic) bond motifs is 3. The second-order valence-corrected chi connectivity index (χ2v) is 8.03. The van der Waals surface area contributed by atoms with Gasteiger partial charge in [-0.1, -0.05) is 18.7 Å². The molecule has 2 aromatic rings. The molecular weight excluding hydrogens is 436 g/mol. The summed E-state index contributed by atoms with van der Waals surface area (Å²) in [6, 6.07) is 10.9. The van der Waals surface area contributed by atoms with E-state index in [9.17, 15) is 14.4 Å². The number of ether oxygens (including phenoxy) is 1. The van der Waals surface area contributed by atoms with Gasteiger partial charge < -0.3 is 31.1 Å². The van der Waals surface area contributed by atoms with Gasteiger partial charge in [-0.2, -0.15) is 0 Å². The van der Waals surface area contributed by atoms with Crippen LogP contribution in [0.4, 0.5) is 21.0 Å². The van der Waals surface area contributed by atoms with E-state index in [0.29, 0.717) is 49.3 Å². The van der Waals surface area contributed by atoms with Gasteiger partial charge in [0, 0.05) is 36.6 Å². The first kappa shape index (κ1) is 24.8. The average molecular weight is 467 g/mol. The summed E-state index contributed by atoms with van der Waals surface area (Å²) in [5.41, 5.74) is 6.09. The number of amides is 4. The van der Waals surface area contributed by atoms with Gasteiger partial charge in [0.15, 0.2) is 0 Å². The molecule has 0 heterocycles. The fourth-order valence-corrected chi connectivity index (χ4v) is 3.56. The lowest BCUT2D eigenvalue weighted by molar-refractivity contribution is -0.138. The van der Waals surface area contributed by atoms with Crippen molar-refractivity contribution >= 4 is 29.4 Å². The monoisotopic (exact) mass is 466 g/mol. The third kappa shape index (κ3) is 6.82. The van der Waals surface area contributed by atoms with E-state index in [2.05, 4.69) is 27.8 Å². The van der Waals surface area contributed by atoms with Gasteiger partial charge in [0.05, 0.1) is 6.61 Å².